The van der Waals surface area contributed by atoms with Crippen LogP contribution in [-0.2, 0) is 12.8 Å². The van der Waals surface area contributed by atoms with Gasteiger partial charge in [-0.1, -0.05) is 26.7 Å². The molecule has 0 atom stereocenters. The van der Waals surface area contributed by atoms with Gasteiger partial charge in [0.2, 0.25) is 0 Å². The lowest BCUT2D eigenvalue weighted by Crippen LogP contribution is -1.94. The van der Waals surface area contributed by atoms with Gasteiger partial charge in [-0.25, -0.2) is 0 Å². The van der Waals surface area contributed by atoms with Crippen molar-refractivity contribution >= 4 is 46.2 Å². The van der Waals surface area contributed by atoms with Crippen molar-refractivity contribution in [1.82, 2.24) is 0 Å². The Kier molecular flexibility index (Phi) is 9.27. The number of hydrogen-bond donors (Lipinski definition) is 0. The zero-order valence-corrected chi connectivity index (χ0v) is 22.3. The zero-order chi connectivity index (χ0) is 23.8. The quantitative estimate of drug-likeness (QED) is 0.265. The lowest BCUT2D eigenvalue weighted by atomic mass is 9.97. The van der Waals surface area contributed by atoms with E-state index in [1.807, 2.05) is 37.3 Å². The molecule has 3 aromatic heterocycles. The summed E-state index contributed by atoms with van der Waals surface area (Å²) in [5.74, 6) is 0. The smallest absolute Gasteiger partial charge is 0.0944 e. The summed E-state index contributed by atoms with van der Waals surface area (Å²) in [5.41, 5.74) is 4.49. The third kappa shape index (κ3) is 6.33. The number of hydrogen-bond acceptors (Lipinski definition) is 5. The second kappa shape index (κ2) is 12.1. The van der Waals surface area contributed by atoms with Gasteiger partial charge in [0.25, 0.3) is 0 Å². The molecule has 0 aromatic carbocycles. The molecule has 0 amide bonds. The van der Waals surface area contributed by atoms with Gasteiger partial charge in [-0.15, -0.1) is 34.0 Å². The summed E-state index contributed by atoms with van der Waals surface area (Å²) in [4.78, 5) is 7.63. The molecule has 0 fully saturated rings. The molecule has 5 heteroatoms. The van der Waals surface area contributed by atoms with Crippen LogP contribution >= 0.6 is 34.0 Å². The summed E-state index contributed by atoms with van der Waals surface area (Å²) >= 11 is 5.47. The molecule has 0 radical (unpaired) electrons. The van der Waals surface area contributed by atoms with E-state index < -0.39 is 0 Å². The van der Waals surface area contributed by atoms with Crippen LogP contribution in [0.3, 0.4) is 0 Å². The fraction of sp³-hybridized carbons (Fsp3) is 0.357. The predicted molar refractivity (Wildman–Crippen MR) is 147 cm³/mol. The molecule has 0 aliphatic heterocycles. The second-order valence-corrected chi connectivity index (χ2v) is 11.5. The van der Waals surface area contributed by atoms with E-state index in [9.17, 15) is 0 Å². The Bertz CT molecular complexity index is 1140. The van der Waals surface area contributed by atoms with E-state index in [1.165, 1.54) is 56.3 Å². The normalized spacial score (nSPS) is 12.1. The highest BCUT2D eigenvalue weighted by molar-refractivity contribution is 7.27. The van der Waals surface area contributed by atoms with E-state index >= 15 is 0 Å². The van der Waals surface area contributed by atoms with Crippen LogP contribution in [0.2, 0.25) is 0 Å². The molecule has 0 aliphatic carbocycles. The molecule has 0 saturated heterocycles. The van der Waals surface area contributed by atoms with Crippen LogP contribution in [0.15, 0.2) is 35.4 Å². The molecule has 0 unspecified atom stereocenters. The molecule has 3 heterocycles. The van der Waals surface area contributed by atoms with Crippen LogP contribution < -0.4 is 0 Å². The third-order valence-corrected chi connectivity index (χ3v) is 9.15. The maximum atomic E-state index is 9.15. The van der Waals surface area contributed by atoms with Gasteiger partial charge >= 0.3 is 0 Å². The Morgan fingerprint density at radius 2 is 1.15 bits per heavy atom. The van der Waals surface area contributed by atoms with E-state index in [4.69, 9.17) is 10.5 Å². The van der Waals surface area contributed by atoms with Crippen molar-refractivity contribution < 1.29 is 0 Å². The minimum Gasteiger partial charge on any atom is -0.193 e. The Balaban J connectivity index is 2.13. The van der Waals surface area contributed by atoms with Crippen molar-refractivity contribution in [3.8, 4) is 31.6 Å². The van der Waals surface area contributed by atoms with E-state index in [0.29, 0.717) is 0 Å². The molecular formula is C28H30N2S3. The molecule has 0 N–H and O–H groups in total. The number of thiophene rings is 3. The lowest BCUT2D eigenvalue weighted by molar-refractivity contribution is 0.764. The molecular weight excluding hydrogens is 461 g/mol. The Hall–Kier alpha value is -2.44. The Morgan fingerprint density at radius 3 is 1.52 bits per heavy atom. The maximum absolute atomic E-state index is 9.15. The van der Waals surface area contributed by atoms with Gasteiger partial charge in [0, 0.05) is 40.4 Å². The van der Waals surface area contributed by atoms with Gasteiger partial charge < -0.3 is 0 Å². The second-order valence-electron chi connectivity index (χ2n) is 8.21. The van der Waals surface area contributed by atoms with Crippen LogP contribution in [0.5, 0.6) is 0 Å². The first-order valence-corrected chi connectivity index (χ1v) is 14.0. The first kappa shape index (κ1) is 25.2. The topological polar surface area (TPSA) is 47.6 Å². The minimum atomic E-state index is 0.733. The largest absolute Gasteiger partial charge is 0.193 e. The highest BCUT2D eigenvalue weighted by Gasteiger charge is 2.21. The molecule has 0 aliphatic rings. The van der Waals surface area contributed by atoms with Crippen LogP contribution in [0.25, 0.3) is 31.7 Å². The Morgan fingerprint density at radius 1 is 0.727 bits per heavy atom. The SMILES string of the molecule is CCCCc1c(-c2ccc(/C=C(/C)C#N)s2)sc(-c2ccc(/C=C(\C)C#N)s2)c1CCCC. The van der Waals surface area contributed by atoms with Gasteiger partial charge in [0.1, 0.15) is 0 Å². The van der Waals surface area contributed by atoms with Crippen molar-refractivity contribution in [1.29, 1.82) is 10.5 Å². The van der Waals surface area contributed by atoms with Gasteiger partial charge in [-0.05, 0) is 87.1 Å². The molecule has 170 valence electrons. The number of rotatable bonds is 10. The minimum absolute atomic E-state index is 0.733. The van der Waals surface area contributed by atoms with E-state index in [1.54, 1.807) is 22.7 Å². The average molecular weight is 491 g/mol. The van der Waals surface area contributed by atoms with Crippen molar-refractivity contribution in [2.75, 3.05) is 0 Å². The summed E-state index contributed by atoms with van der Waals surface area (Å²) in [6, 6.07) is 13.2. The van der Waals surface area contributed by atoms with Gasteiger partial charge in [0.05, 0.1) is 12.1 Å². The van der Waals surface area contributed by atoms with Gasteiger partial charge in [0.15, 0.2) is 0 Å². The van der Waals surface area contributed by atoms with Crippen molar-refractivity contribution in [2.45, 2.75) is 66.2 Å². The summed E-state index contributed by atoms with van der Waals surface area (Å²) in [7, 11) is 0. The van der Waals surface area contributed by atoms with Crippen molar-refractivity contribution in [3.05, 3.63) is 56.3 Å². The van der Waals surface area contributed by atoms with E-state index in [-0.39, 0.29) is 0 Å². The fourth-order valence-electron chi connectivity index (χ4n) is 3.73. The standard InChI is InChI=1S/C28H30N2S3/c1-5-7-9-23-24(10-8-6-2)28(26-14-12-22(32-26)16-20(4)18-30)33-27(23)25-13-11-21(31-25)15-19(3)17-29/h11-16H,5-10H2,1-4H3/b19-15-,20-16+. The highest BCUT2D eigenvalue weighted by atomic mass is 32.1. The van der Waals surface area contributed by atoms with Crippen LogP contribution in [0, 0.1) is 22.7 Å². The maximum Gasteiger partial charge on any atom is 0.0944 e. The van der Waals surface area contributed by atoms with Crippen molar-refractivity contribution in [2.24, 2.45) is 0 Å². The number of nitriles is 2. The summed E-state index contributed by atoms with van der Waals surface area (Å²) in [6.45, 7) is 8.23. The molecule has 33 heavy (non-hydrogen) atoms. The van der Waals surface area contributed by atoms with Gasteiger partial charge in [-0.2, -0.15) is 10.5 Å². The summed E-state index contributed by atoms with van der Waals surface area (Å²) in [5, 5.41) is 18.3. The number of nitrogens with zero attached hydrogens (tertiary/aromatic N) is 2. The highest BCUT2D eigenvalue weighted by Crippen LogP contribution is 2.47. The van der Waals surface area contributed by atoms with E-state index in [2.05, 4.69) is 50.3 Å². The zero-order valence-electron chi connectivity index (χ0n) is 19.8. The monoisotopic (exact) mass is 490 g/mol. The number of unbranched alkanes of at least 4 members (excludes halogenated alkanes) is 2. The Labute approximate surface area is 210 Å². The number of allylic oxidation sites excluding steroid dienone is 2. The molecule has 0 bridgehead atoms. The van der Waals surface area contributed by atoms with Crippen molar-refractivity contribution in [3.63, 3.8) is 0 Å². The van der Waals surface area contributed by atoms with Crippen LogP contribution in [0.4, 0.5) is 0 Å². The first-order valence-electron chi connectivity index (χ1n) is 11.5. The third-order valence-electron chi connectivity index (χ3n) is 5.45. The lowest BCUT2D eigenvalue weighted by Gasteiger charge is -2.08. The molecule has 3 rings (SSSR count). The fourth-order valence-corrected chi connectivity index (χ4v) is 7.42. The summed E-state index contributed by atoms with van der Waals surface area (Å²) in [6.07, 6.45) is 10.9. The van der Waals surface area contributed by atoms with Gasteiger partial charge in [-0.3, -0.25) is 0 Å². The molecule has 0 saturated carbocycles. The molecule has 3 aromatic rings. The molecule has 2 nitrogen and oxygen atoms in total. The predicted octanol–water partition coefficient (Wildman–Crippen LogP) is 9.74. The molecule has 0 spiro atoms. The first-order chi connectivity index (χ1) is 16.0. The van der Waals surface area contributed by atoms with Crippen LogP contribution in [-0.4, -0.2) is 0 Å². The summed E-state index contributed by atoms with van der Waals surface area (Å²) < 4.78 is 0. The van der Waals surface area contributed by atoms with Crippen LogP contribution in [0.1, 0.15) is 74.3 Å². The van der Waals surface area contributed by atoms with E-state index in [0.717, 1.165) is 33.7 Å². The average Bonchev–Trinajstić information content (AvgIpc) is 3.54.